The van der Waals surface area contributed by atoms with Gasteiger partial charge in [0.25, 0.3) is 5.91 Å². The average molecular weight is 437 g/mol. The first kappa shape index (κ1) is 21.9. The summed E-state index contributed by atoms with van der Waals surface area (Å²) < 4.78 is 5.15. The molecule has 0 saturated carbocycles. The van der Waals surface area contributed by atoms with Gasteiger partial charge in [-0.2, -0.15) is 0 Å². The number of aliphatic imine (C=N–C) groups is 1. The van der Waals surface area contributed by atoms with Crippen molar-refractivity contribution in [3.63, 3.8) is 0 Å². The predicted molar refractivity (Wildman–Crippen MR) is 121 cm³/mol. The number of benzene rings is 1. The minimum Gasteiger partial charge on any atom is -0.457 e. The molecule has 0 atom stereocenters. The molecule has 0 aliphatic carbocycles. The van der Waals surface area contributed by atoms with Gasteiger partial charge < -0.3 is 20.4 Å². The molecule has 9 nitrogen and oxygen atoms in total. The van der Waals surface area contributed by atoms with Crippen molar-refractivity contribution in [1.82, 2.24) is 20.6 Å². The van der Waals surface area contributed by atoms with Crippen LogP contribution in [0.3, 0.4) is 0 Å². The van der Waals surface area contributed by atoms with E-state index in [9.17, 15) is 9.59 Å². The SMILES string of the molecule is Cc1c(CCN2CCC(NC(=O)c3ccnc(N=CNN)c3)CC2)ccc2c1COC2=O. The van der Waals surface area contributed by atoms with Crippen molar-refractivity contribution in [2.45, 2.75) is 38.8 Å². The number of esters is 1. The molecule has 2 aliphatic heterocycles. The molecule has 3 heterocycles. The number of amides is 1. The molecule has 1 saturated heterocycles. The van der Waals surface area contributed by atoms with E-state index in [0.29, 0.717) is 23.6 Å². The van der Waals surface area contributed by atoms with Crippen molar-refractivity contribution >= 4 is 24.0 Å². The molecule has 9 heteroatoms. The third kappa shape index (κ3) is 4.95. The number of nitrogens with one attached hydrogen (secondary N) is 2. The summed E-state index contributed by atoms with van der Waals surface area (Å²) in [4.78, 5) is 34.8. The van der Waals surface area contributed by atoms with E-state index in [-0.39, 0.29) is 17.9 Å². The number of hydrogen-bond donors (Lipinski definition) is 3. The summed E-state index contributed by atoms with van der Waals surface area (Å²) in [6.45, 7) is 5.28. The summed E-state index contributed by atoms with van der Waals surface area (Å²) in [6.07, 6.45) is 5.62. The lowest BCUT2D eigenvalue weighted by molar-refractivity contribution is 0.0534. The quantitative estimate of drug-likeness (QED) is 0.198. The Balaban J connectivity index is 1.26. The van der Waals surface area contributed by atoms with Crippen molar-refractivity contribution in [3.8, 4) is 0 Å². The van der Waals surface area contributed by atoms with E-state index in [2.05, 4.69) is 32.5 Å². The molecule has 168 valence electrons. The first-order valence-electron chi connectivity index (χ1n) is 10.8. The van der Waals surface area contributed by atoms with E-state index < -0.39 is 0 Å². The Morgan fingerprint density at radius 3 is 2.94 bits per heavy atom. The minimum atomic E-state index is -0.220. The summed E-state index contributed by atoms with van der Waals surface area (Å²) >= 11 is 0. The molecule has 32 heavy (non-hydrogen) atoms. The molecule has 1 aromatic carbocycles. The highest BCUT2D eigenvalue weighted by Gasteiger charge is 2.25. The standard InChI is InChI=1S/C23H28N6O3/c1-15-16(2-3-19-20(15)13-32-23(19)31)5-9-29-10-6-18(7-11-29)28-22(30)17-4-8-25-21(12-17)26-14-27-24/h2-4,8,12,14,18H,5-7,9-11,13,24H2,1H3,(H,28,30)(H,25,26,27). The Morgan fingerprint density at radius 1 is 1.34 bits per heavy atom. The Labute approximate surface area is 187 Å². The number of aromatic nitrogens is 1. The van der Waals surface area contributed by atoms with Crippen molar-refractivity contribution in [2.24, 2.45) is 10.8 Å². The van der Waals surface area contributed by atoms with Gasteiger partial charge in [0.05, 0.1) is 5.56 Å². The van der Waals surface area contributed by atoms with Crippen molar-refractivity contribution in [2.75, 3.05) is 19.6 Å². The second-order valence-electron chi connectivity index (χ2n) is 8.12. The van der Waals surface area contributed by atoms with Gasteiger partial charge in [0.1, 0.15) is 12.9 Å². The van der Waals surface area contributed by atoms with Crippen LogP contribution in [0.4, 0.5) is 5.82 Å². The topological polar surface area (TPSA) is 122 Å². The molecular formula is C23H28N6O3. The molecule has 2 aliphatic rings. The second-order valence-corrected chi connectivity index (χ2v) is 8.12. The third-order valence-corrected chi connectivity index (χ3v) is 6.18. The van der Waals surface area contributed by atoms with Gasteiger partial charge in [-0.05, 0) is 55.5 Å². The molecule has 0 bridgehead atoms. The van der Waals surface area contributed by atoms with E-state index >= 15 is 0 Å². The number of nitrogens with zero attached hydrogens (tertiary/aromatic N) is 3. The monoisotopic (exact) mass is 436 g/mol. The van der Waals surface area contributed by atoms with Gasteiger partial charge in [0, 0.05) is 43.0 Å². The molecule has 1 amide bonds. The zero-order valence-electron chi connectivity index (χ0n) is 18.1. The third-order valence-electron chi connectivity index (χ3n) is 6.18. The molecule has 4 N–H and O–H groups in total. The van der Waals surface area contributed by atoms with E-state index in [1.807, 2.05) is 12.1 Å². The number of carbonyl (C=O) groups is 2. The highest BCUT2D eigenvalue weighted by molar-refractivity contribution is 5.95. The molecule has 0 spiro atoms. The maximum absolute atomic E-state index is 12.6. The van der Waals surface area contributed by atoms with Crippen LogP contribution in [-0.4, -0.2) is 53.8 Å². The van der Waals surface area contributed by atoms with Crippen LogP contribution in [0.5, 0.6) is 0 Å². The number of likely N-dealkylation sites (tertiary alicyclic amines) is 1. The first-order valence-corrected chi connectivity index (χ1v) is 10.8. The number of ether oxygens (including phenoxy) is 1. The number of piperidine rings is 1. The highest BCUT2D eigenvalue weighted by Crippen LogP contribution is 2.26. The van der Waals surface area contributed by atoms with Gasteiger partial charge >= 0.3 is 5.97 Å². The summed E-state index contributed by atoms with van der Waals surface area (Å²) in [5, 5.41) is 3.12. The van der Waals surface area contributed by atoms with Gasteiger partial charge in [0.2, 0.25) is 0 Å². The van der Waals surface area contributed by atoms with E-state index in [1.165, 1.54) is 17.5 Å². The zero-order valence-corrected chi connectivity index (χ0v) is 18.1. The number of hydrazine groups is 1. The number of fused-ring (bicyclic) bond motifs is 1. The fraction of sp³-hybridized carbons (Fsp3) is 0.391. The average Bonchev–Trinajstić information content (AvgIpc) is 3.20. The van der Waals surface area contributed by atoms with Crippen molar-refractivity contribution < 1.29 is 14.3 Å². The number of hydrogen-bond acceptors (Lipinski definition) is 7. The van der Waals surface area contributed by atoms with Crippen LogP contribution in [0.2, 0.25) is 0 Å². The van der Waals surface area contributed by atoms with Crippen LogP contribution < -0.4 is 16.6 Å². The zero-order chi connectivity index (χ0) is 22.5. The van der Waals surface area contributed by atoms with Crippen molar-refractivity contribution in [1.29, 1.82) is 0 Å². The van der Waals surface area contributed by atoms with Gasteiger partial charge in [-0.3, -0.25) is 4.79 Å². The van der Waals surface area contributed by atoms with Crippen molar-refractivity contribution in [3.05, 3.63) is 58.3 Å². The van der Waals surface area contributed by atoms with Crippen LogP contribution in [-0.2, 0) is 17.8 Å². The normalized spacial score (nSPS) is 16.8. The Bertz CT molecular complexity index is 1030. The minimum absolute atomic E-state index is 0.117. The van der Waals surface area contributed by atoms with Gasteiger partial charge in [-0.1, -0.05) is 6.07 Å². The summed E-state index contributed by atoms with van der Waals surface area (Å²) in [6, 6.07) is 7.39. The maximum Gasteiger partial charge on any atom is 0.338 e. The second kappa shape index (κ2) is 9.88. The largest absolute Gasteiger partial charge is 0.457 e. The number of rotatable bonds is 7. The fourth-order valence-corrected chi connectivity index (χ4v) is 4.25. The molecule has 0 radical (unpaired) electrons. The Kier molecular flexibility index (Phi) is 6.77. The summed E-state index contributed by atoms with van der Waals surface area (Å²) in [5.74, 6) is 5.25. The molecule has 2 aromatic rings. The summed E-state index contributed by atoms with van der Waals surface area (Å²) in [7, 11) is 0. The summed E-state index contributed by atoms with van der Waals surface area (Å²) in [5.41, 5.74) is 7.00. The van der Waals surface area contributed by atoms with Gasteiger partial charge in [-0.25, -0.2) is 20.6 Å². The first-order chi connectivity index (χ1) is 15.5. The van der Waals surface area contributed by atoms with Crippen LogP contribution in [0.1, 0.15) is 50.2 Å². The smallest absolute Gasteiger partial charge is 0.338 e. The lowest BCUT2D eigenvalue weighted by Crippen LogP contribution is -2.45. The van der Waals surface area contributed by atoms with E-state index in [1.54, 1.807) is 18.3 Å². The lowest BCUT2D eigenvalue weighted by atomic mass is 9.96. The van der Waals surface area contributed by atoms with Crippen LogP contribution in [0.25, 0.3) is 0 Å². The molecule has 1 fully saturated rings. The predicted octanol–water partition coefficient (Wildman–Crippen LogP) is 1.62. The van der Waals surface area contributed by atoms with Gasteiger partial charge in [-0.15, -0.1) is 0 Å². The van der Waals surface area contributed by atoms with Crippen LogP contribution in [0, 0.1) is 6.92 Å². The van der Waals surface area contributed by atoms with Gasteiger partial charge in [0.15, 0.2) is 5.82 Å². The molecule has 0 unspecified atom stereocenters. The number of nitrogens with two attached hydrogens (primary N) is 1. The van der Waals surface area contributed by atoms with E-state index in [4.69, 9.17) is 10.6 Å². The van der Waals surface area contributed by atoms with E-state index in [0.717, 1.165) is 44.5 Å². The van der Waals surface area contributed by atoms with Crippen LogP contribution in [0.15, 0.2) is 35.5 Å². The number of carbonyl (C=O) groups excluding carboxylic acids is 2. The molecule has 1 aromatic heterocycles. The Morgan fingerprint density at radius 2 is 2.16 bits per heavy atom. The fourth-order valence-electron chi connectivity index (χ4n) is 4.25. The number of cyclic esters (lactones) is 1. The lowest BCUT2D eigenvalue weighted by Gasteiger charge is -2.32. The molecule has 4 rings (SSSR count). The number of pyridine rings is 1. The molecular weight excluding hydrogens is 408 g/mol. The highest BCUT2D eigenvalue weighted by atomic mass is 16.5. The maximum atomic E-state index is 12.6. The Hall–Kier alpha value is -3.30. The van der Waals surface area contributed by atoms with Crippen LogP contribution >= 0.6 is 0 Å².